The van der Waals surface area contributed by atoms with Gasteiger partial charge in [0.1, 0.15) is 0 Å². The van der Waals surface area contributed by atoms with Crippen molar-refractivity contribution in [1.29, 1.82) is 0 Å². The molecule has 0 aromatic heterocycles. The van der Waals surface area contributed by atoms with Gasteiger partial charge in [0, 0.05) is 12.2 Å². The lowest BCUT2D eigenvalue weighted by atomic mass is 10.0. The van der Waals surface area contributed by atoms with E-state index >= 15 is 0 Å². The number of hydrogen-bond donors (Lipinski definition) is 1. The van der Waals surface area contributed by atoms with Crippen LogP contribution in [-0.4, -0.2) is 11.7 Å². The summed E-state index contributed by atoms with van der Waals surface area (Å²) in [6.45, 7) is 2.04. The van der Waals surface area contributed by atoms with Crippen molar-refractivity contribution in [2.24, 2.45) is 5.92 Å². The molecule has 1 atom stereocenters. The Morgan fingerprint density at radius 3 is 2.21 bits per heavy atom. The lowest BCUT2D eigenvalue weighted by molar-refractivity contribution is 0.151. The highest BCUT2D eigenvalue weighted by atomic mass is 19.3. The van der Waals surface area contributed by atoms with Gasteiger partial charge in [0.15, 0.2) is 0 Å². The van der Waals surface area contributed by atoms with Gasteiger partial charge in [0.25, 0.3) is 6.43 Å². The van der Waals surface area contributed by atoms with Gasteiger partial charge in [-0.3, -0.25) is 0 Å². The maximum atomic E-state index is 12.2. The molecular formula is C11H14F2O. The zero-order valence-corrected chi connectivity index (χ0v) is 8.08. The van der Waals surface area contributed by atoms with Crippen LogP contribution >= 0.6 is 0 Å². The average molecular weight is 200 g/mol. The van der Waals surface area contributed by atoms with Crippen LogP contribution in [0.2, 0.25) is 0 Å². The maximum Gasteiger partial charge on any atom is 0.263 e. The minimum Gasteiger partial charge on any atom is -0.396 e. The molecule has 0 heterocycles. The second-order valence-electron chi connectivity index (χ2n) is 3.53. The quantitative estimate of drug-likeness (QED) is 0.792. The molecule has 1 rings (SSSR count). The first kappa shape index (κ1) is 11.1. The number of halogens is 2. The third kappa shape index (κ3) is 3.07. The van der Waals surface area contributed by atoms with Crippen LogP contribution < -0.4 is 0 Å². The first-order valence-corrected chi connectivity index (χ1v) is 4.61. The molecule has 1 aromatic carbocycles. The van der Waals surface area contributed by atoms with Crippen molar-refractivity contribution in [1.82, 2.24) is 0 Å². The Bertz CT molecular complexity index is 269. The van der Waals surface area contributed by atoms with Gasteiger partial charge in [-0.15, -0.1) is 0 Å². The fourth-order valence-electron chi connectivity index (χ4n) is 1.27. The summed E-state index contributed by atoms with van der Waals surface area (Å²) in [5.74, 6) is 0.174. The predicted octanol–water partition coefficient (Wildman–Crippen LogP) is 2.80. The van der Waals surface area contributed by atoms with E-state index in [0.29, 0.717) is 0 Å². The Kier molecular flexibility index (Phi) is 4.01. The molecule has 78 valence electrons. The molecule has 1 nitrogen and oxygen atoms in total. The summed E-state index contributed by atoms with van der Waals surface area (Å²) in [4.78, 5) is 0. The van der Waals surface area contributed by atoms with Crippen LogP contribution in [0.25, 0.3) is 0 Å². The van der Waals surface area contributed by atoms with Crippen LogP contribution in [0.15, 0.2) is 24.3 Å². The summed E-state index contributed by atoms with van der Waals surface area (Å²) >= 11 is 0. The van der Waals surface area contributed by atoms with Crippen molar-refractivity contribution < 1.29 is 13.9 Å². The third-order valence-electron chi connectivity index (χ3n) is 2.13. The largest absolute Gasteiger partial charge is 0.396 e. The van der Waals surface area contributed by atoms with Crippen molar-refractivity contribution in [3.8, 4) is 0 Å². The number of aliphatic hydroxyl groups excluding tert-OH is 1. The maximum absolute atomic E-state index is 12.2. The lowest BCUT2D eigenvalue weighted by Crippen LogP contribution is -2.04. The molecule has 0 amide bonds. The Morgan fingerprint density at radius 2 is 1.79 bits per heavy atom. The minimum atomic E-state index is -2.40. The Balaban J connectivity index is 2.64. The molecule has 0 aliphatic rings. The molecular weight excluding hydrogens is 186 g/mol. The Morgan fingerprint density at radius 1 is 1.21 bits per heavy atom. The number of benzene rings is 1. The molecule has 14 heavy (non-hydrogen) atoms. The van der Waals surface area contributed by atoms with E-state index in [1.54, 1.807) is 12.1 Å². The van der Waals surface area contributed by atoms with Crippen LogP contribution in [-0.2, 0) is 6.42 Å². The van der Waals surface area contributed by atoms with Crippen LogP contribution in [0.4, 0.5) is 8.78 Å². The molecule has 3 heteroatoms. The topological polar surface area (TPSA) is 20.2 Å². The average Bonchev–Trinajstić information content (AvgIpc) is 2.18. The zero-order chi connectivity index (χ0) is 10.6. The van der Waals surface area contributed by atoms with E-state index in [0.717, 1.165) is 12.0 Å². The van der Waals surface area contributed by atoms with Crippen LogP contribution in [0.1, 0.15) is 24.5 Å². The zero-order valence-electron chi connectivity index (χ0n) is 8.08. The molecule has 0 aliphatic carbocycles. The Labute approximate surface area is 82.4 Å². The van der Waals surface area contributed by atoms with Crippen molar-refractivity contribution in [2.45, 2.75) is 19.8 Å². The first-order valence-electron chi connectivity index (χ1n) is 4.61. The van der Waals surface area contributed by atoms with Gasteiger partial charge >= 0.3 is 0 Å². The molecule has 0 saturated heterocycles. The van der Waals surface area contributed by atoms with Crippen LogP contribution in [0.5, 0.6) is 0 Å². The van der Waals surface area contributed by atoms with E-state index in [2.05, 4.69) is 0 Å². The summed E-state index contributed by atoms with van der Waals surface area (Å²) < 4.78 is 24.4. The van der Waals surface area contributed by atoms with E-state index in [9.17, 15) is 8.78 Å². The molecule has 0 radical (unpaired) electrons. The normalized spacial score (nSPS) is 13.2. The lowest BCUT2D eigenvalue weighted by Gasteiger charge is -2.08. The van der Waals surface area contributed by atoms with E-state index in [1.807, 2.05) is 6.92 Å². The molecule has 0 aliphatic heterocycles. The molecule has 1 aromatic rings. The number of alkyl halides is 2. The van der Waals surface area contributed by atoms with Crippen molar-refractivity contribution in [3.63, 3.8) is 0 Å². The number of aliphatic hydroxyl groups is 1. The van der Waals surface area contributed by atoms with Gasteiger partial charge in [-0.25, -0.2) is 8.78 Å². The van der Waals surface area contributed by atoms with Crippen molar-refractivity contribution in [2.75, 3.05) is 6.61 Å². The minimum absolute atomic E-state index is 0.0467. The molecule has 0 bridgehead atoms. The summed E-state index contributed by atoms with van der Waals surface area (Å²) in [6, 6.07) is 6.25. The third-order valence-corrected chi connectivity index (χ3v) is 2.13. The second-order valence-corrected chi connectivity index (χ2v) is 3.53. The van der Waals surface area contributed by atoms with Gasteiger partial charge in [0.2, 0.25) is 0 Å². The predicted molar refractivity (Wildman–Crippen MR) is 51.4 cm³/mol. The standard InChI is InChI=1S/C11H14F2O/c1-8(7-14)6-9-2-4-10(5-3-9)11(12)13/h2-5,8,11,14H,6-7H2,1H3/t8-/m1/s1. The fraction of sp³-hybridized carbons (Fsp3) is 0.455. The van der Waals surface area contributed by atoms with Crippen molar-refractivity contribution >= 4 is 0 Å². The van der Waals surface area contributed by atoms with E-state index in [-0.39, 0.29) is 18.1 Å². The molecule has 0 fully saturated rings. The van der Waals surface area contributed by atoms with Gasteiger partial charge in [-0.2, -0.15) is 0 Å². The summed E-state index contributed by atoms with van der Waals surface area (Å²) in [5.41, 5.74) is 1.03. The van der Waals surface area contributed by atoms with E-state index in [4.69, 9.17) is 5.11 Å². The van der Waals surface area contributed by atoms with E-state index < -0.39 is 6.43 Å². The first-order chi connectivity index (χ1) is 6.63. The summed E-state index contributed by atoms with van der Waals surface area (Å²) in [7, 11) is 0. The van der Waals surface area contributed by atoms with Gasteiger partial charge in [0.05, 0.1) is 0 Å². The monoisotopic (exact) mass is 200 g/mol. The fourth-order valence-corrected chi connectivity index (χ4v) is 1.27. The number of rotatable bonds is 4. The van der Waals surface area contributed by atoms with Crippen LogP contribution in [0.3, 0.4) is 0 Å². The van der Waals surface area contributed by atoms with Gasteiger partial charge < -0.3 is 5.11 Å². The second kappa shape index (κ2) is 5.05. The number of hydrogen-bond acceptors (Lipinski definition) is 1. The SMILES string of the molecule is C[C@@H](CO)Cc1ccc(C(F)F)cc1. The molecule has 1 N–H and O–H groups in total. The Hall–Kier alpha value is -0.960. The highest BCUT2D eigenvalue weighted by Crippen LogP contribution is 2.19. The van der Waals surface area contributed by atoms with Crippen molar-refractivity contribution in [3.05, 3.63) is 35.4 Å². The highest BCUT2D eigenvalue weighted by Gasteiger charge is 2.07. The highest BCUT2D eigenvalue weighted by molar-refractivity contribution is 5.23. The molecule has 0 spiro atoms. The van der Waals surface area contributed by atoms with Crippen LogP contribution in [0, 0.1) is 5.92 Å². The molecule has 0 unspecified atom stereocenters. The van der Waals surface area contributed by atoms with E-state index in [1.165, 1.54) is 12.1 Å². The summed E-state index contributed by atoms with van der Waals surface area (Å²) in [6.07, 6.45) is -1.68. The van der Waals surface area contributed by atoms with Gasteiger partial charge in [-0.1, -0.05) is 31.2 Å². The van der Waals surface area contributed by atoms with Gasteiger partial charge in [-0.05, 0) is 17.9 Å². The summed E-state index contributed by atoms with van der Waals surface area (Å²) in [5, 5.41) is 8.82. The molecule has 0 saturated carbocycles. The smallest absolute Gasteiger partial charge is 0.263 e.